The lowest BCUT2D eigenvalue weighted by Gasteiger charge is -2.07. The van der Waals surface area contributed by atoms with Gasteiger partial charge in [-0.15, -0.1) is 5.10 Å². The van der Waals surface area contributed by atoms with Crippen molar-refractivity contribution in [1.29, 1.82) is 0 Å². The van der Waals surface area contributed by atoms with Crippen molar-refractivity contribution in [1.82, 2.24) is 15.4 Å². The van der Waals surface area contributed by atoms with Gasteiger partial charge in [0.25, 0.3) is 5.91 Å². The quantitative estimate of drug-likeness (QED) is 0.718. The highest BCUT2D eigenvalue weighted by Gasteiger charge is 2.25. The number of aromatic amines is 1. The first-order valence-corrected chi connectivity index (χ1v) is 4.92. The summed E-state index contributed by atoms with van der Waals surface area (Å²) in [7, 11) is 0. The number of aromatic nitrogens is 2. The number of rotatable bonds is 2. The van der Waals surface area contributed by atoms with Gasteiger partial charge in [0.2, 0.25) is 5.90 Å². The van der Waals surface area contributed by atoms with Gasteiger partial charge in [0, 0.05) is 6.20 Å². The number of nitrogens with one attached hydrogen (secondary N) is 2. The van der Waals surface area contributed by atoms with Crippen LogP contribution in [0, 0.1) is 0 Å². The van der Waals surface area contributed by atoms with Crippen molar-refractivity contribution >= 4 is 17.9 Å². The number of hydrazone groups is 1. The molecular formula is C10H12N4O2. The lowest BCUT2D eigenvalue weighted by atomic mass is 10.2. The van der Waals surface area contributed by atoms with Gasteiger partial charge in [-0.1, -0.05) is 0 Å². The standard InChI is InChI=1S/C10H12N4O2/c1-6(2)16-10-8(9(15)13-14-10)3-7-4-11-5-12-7/h3-6H,1-2H3,(H,11,12)(H,13,15). The molecule has 1 aliphatic heterocycles. The molecule has 0 unspecified atom stereocenters. The Balaban J connectivity index is 2.24. The summed E-state index contributed by atoms with van der Waals surface area (Å²) in [5, 5.41) is 3.81. The Hall–Kier alpha value is -2.11. The average molecular weight is 220 g/mol. The van der Waals surface area contributed by atoms with E-state index in [1.165, 1.54) is 0 Å². The van der Waals surface area contributed by atoms with Gasteiger partial charge in [0.15, 0.2) is 0 Å². The van der Waals surface area contributed by atoms with Gasteiger partial charge in [0.05, 0.1) is 18.1 Å². The summed E-state index contributed by atoms with van der Waals surface area (Å²) in [6.45, 7) is 3.75. The van der Waals surface area contributed by atoms with E-state index in [0.717, 1.165) is 0 Å². The first-order valence-electron chi connectivity index (χ1n) is 4.92. The van der Waals surface area contributed by atoms with Crippen molar-refractivity contribution in [2.24, 2.45) is 5.10 Å². The van der Waals surface area contributed by atoms with Crippen molar-refractivity contribution in [3.05, 3.63) is 23.8 Å². The summed E-state index contributed by atoms with van der Waals surface area (Å²) < 4.78 is 5.40. The number of nitrogens with zero attached hydrogens (tertiary/aromatic N) is 2. The molecule has 1 amide bonds. The van der Waals surface area contributed by atoms with Gasteiger partial charge in [-0.05, 0) is 19.9 Å². The molecule has 0 bridgehead atoms. The highest BCUT2D eigenvalue weighted by molar-refractivity contribution is 6.24. The van der Waals surface area contributed by atoms with Crippen molar-refractivity contribution in [2.45, 2.75) is 20.0 Å². The van der Waals surface area contributed by atoms with E-state index < -0.39 is 0 Å². The highest BCUT2D eigenvalue weighted by atomic mass is 16.5. The Kier molecular flexibility index (Phi) is 2.72. The van der Waals surface area contributed by atoms with E-state index in [9.17, 15) is 4.79 Å². The zero-order chi connectivity index (χ0) is 11.5. The number of hydrogen-bond donors (Lipinski definition) is 2. The average Bonchev–Trinajstić information content (AvgIpc) is 2.82. The molecule has 0 fully saturated rings. The molecule has 0 saturated carbocycles. The lowest BCUT2D eigenvalue weighted by molar-refractivity contribution is -0.116. The van der Waals surface area contributed by atoms with Crippen molar-refractivity contribution < 1.29 is 9.53 Å². The molecule has 6 heteroatoms. The zero-order valence-corrected chi connectivity index (χ0v) is 9.02. The van der Waals surface area contributed by atoms with Crippen LogP contribution in [0.15, 0.2) is 23.2 Å². The maximum absolute atomic E-state index is 11.5. The molecular weight excluding hydrogens is 208 g/mol. The molecule has 0 spiro atoms. The summed E-state index contributed by atoms with van der Waals surface area (Å²) in [5.74, 6) is 0.0293. The molecule has 1 aliphatic rings. The zero-order valence-electron chi connectivity index (χ0n) is 9.02. The summed E-state index contributed by atoms with van der Waals surface area (Å²) >= 11 is 0. The Morgan fingerprint density at radius 1 is 1.50 bits per heavy atom. The van der Waals surface area contributed by atoms with E-state index in [1.54, 1.807) is 18.6 Å². The van der Waals surface area contributed by atoms with Crippen LogP contribution >= 0.6 is 0 Å². The van der Waals surface area contributed by atoms with E-state index >= 15 is 0 Å². The Labute approximate surface area is 92.4 Å². The normalized spacial score (nSPS) is 17.8. The number of carbonyl (C=O) groups is 1. The fourth-order valence-corrected chi connectivity index (χ4v) is 1.26. The monoisotopic (exact) mass is 220 g/mol. The largest absolute Gasteiger partial charge is 0.473 e. The van der Waals surface area contributed by atoms with Gasteiger partial charge >= 0.3 is 0 Å². The number of carbonyl (C=O) groups excluding carboxylic acids is 1. The predicted molar refractivity (Wildman–Crippen MR) is 58.4 cm³/mol. The maximum atomic E-state index is 11.5. The van der Waals surface area contributed by atoms with Crippen LogP contribution in [0.1, 0.15) is 19.5 Å². The molecule has 0 aromatic carbocycles. The van der Waals surface area contributed by atoms with Gasteiger partial charge in [0.1, 0.15) is 5.57 Å². The van der Waals surface area contributed by atoms with Crippen LogP contribution in [-0.4, -0.2) is 27.9 Å². The van der Waals surface area contributed by atoms with Crippen LogP contribution in [0.4, 0.5) is 0 Å². The second-order valence-electron chi connectivity index (χ2n) is 3.58. The van der Waals surface area contributed by atoms with Gasteiger partial charge in [-0.3, -0.25) is 4.79 Å². The minimum atomic E-state index is -0.279. The van der Waals surface area contributed by atoms with Crippen molar-refractivity contribution in [3.8, 4) is 0 Å². The van der Waals surface area contributed by atoms with E-state index in [4.69, 9.17) is 4.74 Å². The molecule has 2 rings (SSSR count). The fourth-order valence-electron chi connectivity index (χ4n) is 1.26. The molecule has 0 radical (unpaired) electrons. The SMILES string of the molecule is CC(C)OC1=NNC(=O)C1=Cc1c[nH]cn1. The summed E-state index contributed by atoms with van der Waals surface area (Å²) in [6, 6.07) is 0. The van der Waals surface area contributed by atoms with Gasteiger partial charge in [-0.25, -0.2) is 10.4 Å². The summed E-state index contributed by atoms with van der Waals surface area (Å²) in [4.78, 5) is 18.3. The Morgan fingerprint density at radius 2 is 2.31 bits per heavy atom. The van der Waals surface area contributed by atoms with Crippen LogP contribution in [0.25, 0.3) is 6.08 Å². The fraction of sp³-hybridized carbons (Fsp3) is 0.300. The van der Waals surface area contributed by atoms with E-state index in [2.05, 4.69) is 20.5 Å². The van der Waals surface area contributed by atoms with Crippen LogP contribution in [0.2, 0.25) is 0 Å². The second kappa shape index (κ2) is 4.18. The van der Waals surface area contributed by atoms with Crippen LogP contribution in [-0.2, 0) is 9.53 Å². The predicted octanol–water partition coefficient (Wildman–Crippen LogP) is 0.661. The Morgan fingerprint density at radius 3 is 2.94 bits per heavy atom. The maximum Gasteiger partial charge on any atom is 0.277 e. The number of H-pyrrole nitrogens is 1. The molecule has 16 heavy (non-hydrogen) atoms. The number of imidazole rings is 1. The van der Waals surface area contributed by atoms with Crippen molar-refractivity contribution in [2.75, 3.05) is 0 Å². The first-order chi connectivity index (χ1) is 7.66. The van der Waals surface area contributed by atoms with Crippen LogP contribution < -0.4 is 5.43 Å². The molecule has 1 aromatic rings. The van der Waals surface area contributed by atoms with Gasteiger partial charge in [-0.2, -0.15) is 0 Å². The topological polar surface area (TPSA) is 79.4 Å². The molecule has 6 nitrogen and oxygen atoms in total. The molecule has 2 heterocycles. The molecule has 0 atom stereocenters. The minimum Gasteiger partial charge on any atom is -0.473 e. The molecule has 1 aromatic heterocycles. The minimum absolute atomic E-state index is 0.0333. The first kappa shape index (κ1) is 10.4. The summed E-state index contributed by atoms with van der Waals surface area (Å²) in [6.07, 6.45) is 4.82. The Bertz CT molecular complexity index is 445. The third-order valence-electron chi connectivity index (χ3n) is 1.89. The smallest absolute Gasteiger partial charge is 0.277 e. The number of amides is 1. The highest BCUT2D eigenvalue weighted by Crippen LogP contribution is 2.12. The lowest BCUT2D eigenvalue weighted by Crippen LogP contribution is -2.16. The third kappa shape index (κ3) is 2.10. The molecule has 84 valence electrons. The van der Waals surface area contributed by atoms with E-state index in [0.29, 0.717) is 17.2 Å². The van der Waals surface area contributed by atoms with E-state index in [1.807, 2.05) is 13.8 Å². The molecule has 0 saturated heterocycles. The van der Waals surface area contributed by atoms with E-state index in [-0.39, 0.29) is 12.0 Å². The van der Waals surface area contributed by atoms with Crippen LogP contribution in [0.3, 0.4) is 0 Å². The number of ether oxygens (including phenoxy) is 1. The molecule has 2 N–H and O–H groups in total. The molecule has 0 aliphatic carbocycles. The third-order valence-corrected chi connectivity index (χ3v) is 1.89. The van der Waals surface area contributed by atoms with Crippen LogP contribution in [0.5, 0.6) is 0 Å². The van der Waals surface area contributed by atoms with Gasteiger partial charge < -0.3 is 9.72 Å². The number of hydrogen-bond acceptors (Lipinski definition) is 4. The van der Waals surface area contributed by atoms with Crippen molar-refractivity contribution in [3.63, 3.8) is 0 Å². The summed E-state index contributed by atoms with van der Waals surface area (Å²) in [5.41, 5.74) is 3.40. The second-order valence-corrected chi connectivity index (χ2v) is 3.58.